The lowest BCUT2D eigenvalue weighted by molar-refractivity contribution is -0.139. The van der Waals surface area contributed by atoms with Crippen LogP contribution in [0.25, 0.3) is 0 Å². The minimum atomic E-state index is -1.11. The van der Waals surface area contributed by atoms with Crippen LogP contribution in [0, 0.1) is 6.92 Å². The maximum atomic E-state index is 11.4. The third-order valence-corrected chi connectivity index (χ3v) is 2.08. The molecular weight excluding hydrogens is 238 g/mol. The van der Waals surface area contributed by atoms with Crippen molar-refractivity contribution in [1.82, 2.24) is 15.6 Å². The number of rotatable bonds is 6. The first-order valence-electron chi connectivity index (χ1n) is 5.32. The number of hydrogen-bond donors (Lipinski definition) is 3. The number of urea groups is 1. The fraction of sp³-hybridized carbons (Fsp3) is 0.364. The minimum absolute atomic E-state index is 0.0973. The molecule has 7 nitrogen and oxygen atoms in total. The van der Waals surface area contributed by atoms with Crippen molar-refractivity contribution < 1.29 is 19.1 Å². The van der Waals surface area contributed by atoms with Crippen LogP contribution in [0.4, 0.5) is 4.79 Å². The molecule has 1 aromatic heterocycles. The van der Waals surface area contributed by atoms with Crippen LogP contribution >= 0.6 is 0 Å². The highest BCUT2D eigenvalue weighted by Gasteiger charge is 2.18. The molecule has 1 rings (SSSR count). The second-order valence-corrected chi connectivity index (χ2v) is 3.61. The van der Waals surface area contributed by atoms with Crippen LogP contribution in [-0.4, -0.2) is 28.1 Å². The van der Waals surface area contributed by atoms with E-state index in [-0.39, 0.29) is 13.0 Å². The van der Waals surface area contributed by atoms with Crippen molar-refractivity contribution in [3.63, 3.8) is 0 Å². The molecule has 1 atom stereocenters. The molecule has 98 valence electrons. The molecule has 1 heterocycles. The summed E-state index contributed by atoms with van der Waals surface area (Å²) in [5, 5.41) is 13.6. The Kier molecular flexibility index (Phi) is 4.91. The van der Waals surface area contributed by atoms with Crippen molar-refractivity contribution in [2.24, 2.45) is 0 Å². The lowest BCUT2D eigenvalue weighted by Crippen LogP contribution is -2.45. The highest BCUT2D eigenvalue weighted by molar-refractivity contribution is 5.82. The number of aliphatic carboxylic acids is 1. The molecule has 0 fully saturated rings. The van der Waals surface area contributed by atoms with E-state index in [0.717, 1.165) is 0 Å². The molecule has 0 aliphatic carbocycles. The van der Waals surface area contributed by atoms with Crippen molar-refractivity contribution in [3.8, 4) is 0 Å². The van der Waals surface area contributed by atoms with Gasteiger partial charge in [-0.1, -0.05) is 6.08 Å². The third-order valence-electron chi connectivity index (χ3n) is 2.08. The maximum absolute atomic E-state index is 11.4. The molecule has 0 saturated carbocycles. The van der Waals surface area contributed by atoms with Gasteiger partial charge in [-0.15, -0.1) is 6.58 Å². The van der Waals surface area contributed by atoms with Gasteiger partial charge in [0.2, 0.25) is 5.89 Å². The van der Waals surface area contributed by atoms with Gasteiger partial charge in [0.05, 0.1) is 12.7 Å². The molecule has 0 aliphatic rings. The van der Waals surface area contributed by atoms with E-state index >= 15 is 0 Å². The van der Waals surface area contributed by atoms with E-state index in [1.165, 1.54) is 12.3 Å². The molecule has 3 N–H and O–H groups in total. The summed E-state index contributed by atoms with van der Waals surface area (Å²) >= 11 is 0. The normalized spacial score (nSPS) is 11.6. The fourth-order valence-electron chi connectivity index (χ4n) is 1.24. The minimum Gasteiger partial charge on any atom is -0.480 e. The molecule has 0 saturated heterocycles. The van der Waals surface area contributed by atoms with E-state index in [2.05, 4.69) is 22.2 Å². The number of aryl methyl sites for hydroxylation is 1. The van der Waals surface area contributed by atoms with Gasteiger partial charge < -0.3 is 20.2 Å². The number of nitrogens with one attached hydrogen (secondary N) is 2. The summed E-state index contributed by atoms with van der Waals surface area (Å²) in [5.41, 5.74) is 0. The summed E-state index contributed by atoms with van der Waals surface area (Å²) in [5.74, 6) is -0.113. The van der Waals surface area contributed by atoms with E-state index in [1.807, 2.05) is 0 Å². The molecule has 1 aromatic rings. The lowest BCUT2D eigenvalue weighted by atomic mass is 10.2. The van der Waals surface area contributed by atoms with Gasteiger partial charge >= 0.3 is 12.0 Å². The monoisotopic (exact) mass is 253 g/mol. The molecule has 0 aliphatic heterocycles. The van der Waals surface area contributed by atoms with E-state index in [0.29, 0.717) is 11.7 Å². The Morgan fingerprint density at radius 2 is 2.39 bits per heavy atom. The number of carbonyl (C=O) groups is 2. The largest absolute Gasteiger partial charge is 0.480 e. The zero-order valence-electron chi connectivity index (χ0n) is 9.97. The summed E-state index contributed by atoms with van der Waals surface area (Å²) in [7, 11) is 0. The van der Waals surface area contributed by atoms with Crippen LogP contribution in [0.5, 0.6) is 0 Å². The number of carboxylic acids is 1. The van der Waals surface area contributed by atoms with Gasteiger partial charge in [-0.05, 0) is 13.3 Å². The first-order valence-corrected chi connectivity index (χ1v) is 5.32. The smallest absolute Gasteiger partial charge is 0.326 e. The Balaban J connectivity index is 2.40. The van der Waals surface area contributed by atoms with Gasteiger partial charge in [-0.2, -0.15) is 0 Å². The van der Waals surface area contributed by atoms with Crippen LogP contribution in [0.3, 0.4) is 0 Å². The van der Waals surface area contributed by atoms with Gasteiger partial charge in [0.1, 0.15) is 11.8 Å². The van der Waals surface area contributed by atoms with Gasteiger partial charge in [-0.25, -0.2) is 14.6 Å². The highest BCUT2D eigenvalue weighted by atomic mass is 16.4. The topological polar surface area (TPSA) is 104 Å². The van der Waals surface area contributed by atoms with E-state index < -0.39 is 18.0 Å². The van der Waals surface area contributed by atoms with Crippen molar-refractivity contribution in [2.45, 2.75) is 25.9 Å². The molecular formula is C11H15N3O4. The summed E-state index contributed by atoms with van der Waals surface area (Å²) in [4.78, 5) is 26.1. The number of carbonyl (C=O) groups excluding carboxylic acids is 1. The van der Waals surface area contributed by atoms with E-state index in [4.69, 9.17) is 9.52 Å². The van der Waals surface area contributed by atoms with Crippen LogP contribution in [0.15, 0.2) is 23.3 Å². The Hall–Kier alpha value is -2.31. The molecule has 0 spiro atoms. The molecule has 1 unspecified atom stereocenters. The van der Waals surface area contributed by atoms with Crippen molar-refractivity contribution in [3.05, 3.63) is 30.5 Å². The van der Waals surface area contributed by atoms with Gasteiger partial charge in [0.15, 0.2) is 0 Å². The van der Waals surface area contributed by atoms with Crippen LogP contribution in [-0.2, 0) is 11.3 Å². The second kappa shape index (κ2) is 6.43. The predicted octanol–water partition coefficient (Wildman–Crippen LogP) is 0.812. The Labute approximate surface area is 104 Å². The van der Waals surface area contributed by atoms with Crippen molar-refractivity contribution in [2.75, 3.05) is 0 Å². The Morgan fingerprint density at radius 1 is 1.67 bits per heavy atom. The number of nitrogens with zero attached hydrogens (tertiary/aromatic N) is 1. The lowest BCUT2D eigenvalue weighted by Gasteiger charge is -2.12. The maximum Gasteiger partial charge on any atom is 0.326 e. The van der Waals surface area contributed by atoms with Crippen LogP contribution < -0.4 is 10.6 Å². The SMILES string of the molecule is C=CCC(NC(=O)NCc1ncc(C)o1)C(=O)O. The van der Waals surface area contributed by atoms with Crippen LogP contribution in [0.2, 0.25) is 0 Å². The molecule has 2 amide bonds. The van der Waals surface area contributed by atoms with Gasteiger partial charge in [0.25, 0.3) is 0 Å². The highest BCUT2D eigenvalue weighted by Crippen LogP contribution is 2.00. The van der Waals surface area contributed by atoms with Gasteiger partial charge in [-0.3, -0.25) is 0 Å². The summed E-state index contributed by atoms with van der Waals surface area (Å²) in [6.45, 7) is 5.26. The molecule has 0 aromatic carbocycles. The van der Waals surface area contributed by atoms with E-state index in [1.54, 1.807) is 6.92 Å². The quantitative estimate of drug-likeness (QED) is 0.651. The first-order chi connectivity index (χ1) is 8.52. The number of amides is 2. The summed E-state index contributed by atoms with van der Waals surface area (Å²) in [6, 6.07) is -1.59. The molecule has 0 bridgehead atoms. The number of oxazole rings is 1. The fourth-order valence-corrected chi connectivity index (χ4v) is 1.24. The molecule has 7 heteroatoms. The van der Waals surface area contributed by atoms with Crippen molar-refractivity contribution >= 4 is 12.0 Å². The number of hydrogen-bond acceptors (Lipinski definition) is 4. The average molecular weight is 253 g/mol. The number of aromatic nitrogens is 1. The summed E-state index contributed by atoms with van der Waals surface area (Å²) in [6.07, 6.45) is 3.12. The first kappa shape index (κ1) is 13.8. The average Bonchev–Trinajstić information content (AvgIpc) is 2.72. The van der Waals surface area contributed by atoms with Crippen molar-refractivity contribution in [1.29, 1.82) is 0 Å². The Bertz CT molecular complexity index is 441. The molecule has 0 radical (unpaired) electrons. The standard InChI is InChI=1S/C11H15N3O4/c1-3-4-8(10(15)16)14-11(17)13-6-9-12-5-7(2)18-9/h3,5,8H,1,4,6H2,2H3,(H,15,16)(H2,13,14,17). The Morgan fingerprint density at radius 3 is 2.89 bits per heavy atom. The van der Waals surface area contributed by atoms with Crippen LogP contribution in [0.1, 0.15) is 18.1 Å². The van der Waals surface area contributed by atoms with Gasteiger partial charge in [0, 0.05) is 0 Å². The molecule has 18 heavy (non-hydrogen) atoms. The number of carboxylic acid groups (broad SMARTS) is 1. The van der Waals surface area contributed by atoms with E-state index in [9.17, 15) is 9.59 Å². The predicted molar refractivity (Wildman–Crippen MR) is 62.8 cm³/mol. The zero-order valence-corrected chi connectivity index (χ0v) is 9.97. The zero-order chi connectivity index (χ0) is 13.5. The second-order valence-electron chi connectivity index (χ2n) is 3.61. The third kappa shape index (κ3) is 4.28. The summed E-state index contributed by atoms with van der Waals surface area (Å²) < 4.78 is 5.15.